The maximum Gasteiger partial charge on any atom is 0.145 e. The number of halogens is 1. The van der Waals surface area contributed by atoms with Crippen LogP contribution in [0.25, 0.3) is 0 Å². The molecule has 1 aromatic heterocycles. The molecule has 1 aliphatic rings. The van der Waals surface area contributed by atoms with Gasteiger partial charge in [-0.2, -0.15) is 10.4 Å². The fraction of sp³-hybridized carbons (Fsp3) is 0.692. The highest BCUT2D eigenvalue weighted by Gasteiger charge is 2.32. The average molecular weight is 252 g/mol. The number of nitriles is 1. The van der Waals surface area contributed by atoms with Crippen LogP contribution in [0.15, 0.2) is 0 Å². The first-order chi connectivity index (χ1) is 8.04. The van der Waals surface area contributed by atoms with E-state index < -0.39 is 0 Å². The quantitative estimate of drug-likeness (QED) is 0.821. The zero-order valence-electron chi connectivity index (χ0n) is 10.6. The topological polar surface area (TPSA) is 41.6 Å². The third-order valence-electron chi connectivity index (χ3n) is 3.33. The largest absolute Gasteiger partial charge is 0.249 e. The van der Waals surface area contributed by atoms with Gasteiger partial charge in [-0.3, -0.25) is 0 Å². The number of nitrogens with zero attached hydrogens (tertiary/aromatic N) is 3. The lowest BCUT2D eigenvalue weighted by atomic mass is 10.1. The van der Waals surface area contributed by atoms with Crippen LogP contribution in [0.5, 0.6) is 0 Å². The van der Waals surface area contributed by atoms with Crippen molar-refractivity contribution in [2.45, 2.75) is 46.1 Å². The average Bonchev–Trinajstić information content (AvgIpc) is 3.04. The van der Waals surface area contributed by atoms with Crippen molar-refractivity contribution in [3.63, 3.8) is 0 Å². The molecule has 1 heterocycles. The lowest BCUT2D eigenvalue weighted by Gasteiger charge is -2.11. The van der Waals surface area contributed by atoms with Crippen molar-refractivity contribution in [3.8, 4) is 6.07 Å². The predicted molar refractivity (Wildman–Crippen MR) is 67.9 cm³/mol. The molecule has 3 nitrogen and oxygen atoms in total. The van der Waals surface area contributed by atoms with Crippen molar-refractivity contribution in [1.82, 2.24) is 9.78 Å². The van der Waals surface area contributed by atoms with E-state index in [4.69, 9.17) is 11.6 Å². The summed E-state index contributed by atoms with van der Waals surface area (Å²) in [5.41, 5.74) is 1.41. The van der Waals surface area contributed by atoms with Crippen LogP contribution in [0, 0.1) is 23.2 Å². The van der Waals surface area contributed by atoms with Gasteiger partial charge in [-0.05, 0) is 38.0 Å². The van der Waals surface area contributed by atoms with E-state index in [1.165, 1.54) is 12.8 Å². The molecule has 92 valence electrons. The Morgan fingerprint density at radius 1 is 1.47 bits per heavy atom. The highest BCUT2D eigenvalue weighted by Crippen LogP contribution is 2.41. The van der Waals surface area contributed by atoms with Crippen molar-refractivity contribution in [3.05, 3.63) is 16.4 Å². The molecule has 0 amide bonds. The fourth-order valence-corrected chi connectivity index (χ4v) is 2.49. The van der Waals surface area contributed by atoms with E-state index in [1.54, 1.807) is 0 Å². The molecule has 1 saturated carbocycles. The van der Waals surface area contributed by atoms with E-state index in [0.717, 1.165) is 12.1 Å². The molecule has 0 saturated heterocycles. The molecule has 0 bridgehead atoms. The molecule has 1 atom stereocenters. The Kier molecular flexibility index (Phi) is 3.44. The summed E-state index contributed by atoms with van der Waals surface area (Å²) in [6, 6.07) is 2.50. The van der Waals surface area contributed by atoms with Crippen LogP contribution < -0.4 is 0 Å². The van der Waals surface area contributed by atoms with Gasteiger partial charge in [0.1, 0.15) is 16.8 Å². The minimum absolute atomic E-state index is 0.315. The van der Waals surface area contributed by atoms with Crippen molar-refractivity contribution in [2.75, 3.05) is 0 Å². The van der Waals surface area contributed by atoms with Crippen LogP contribution >= 0.6 is 11.6 Å². The molecule has 17 heavy (non-hydrogen) atoms. The summed E-state index contributed by atoms with van der Waals surface area (Å²) < 4.78 is 1.84. The van der Waals surface area contributed by atoms with Crippen LogP contribution in [-0.4, -0.2) is 9.78 Å². The van der Waals surface area contributed by atoms with Crippen molar-refractivity contribution < 1.29 is 0 Å². The summed E-state index contributed by atoms with van der Waals surface area (Å²) in [6.07, 6.45) is 3.31. The summed E-state index contributed by atoms with van der Waals surface area (Å²) in [4.78, 5) is 0. The monoisotopic (exact) mass is 251 g/mol. The molecule has 1 aliphatic carbocycles. The molecule has 1 aromatic rings. The summed E-state index contributed by atoms with van der Waals surface area (Å²) in [5, 5.41) is 14.2. The number of hydrogen-bond donors (Lipinski definition) is 0. The fourth-order valence-electron chi connectivity index (χ4n) is 2.15. The Bertz CT molecular complexity index is 452. The van der Waals surface area contributed by atoms with Crippen molar-refractivity contribution >= 4 is 11.6 Å². The van der Waals surface area contributed by atoms with E-state index in [2.05, 4.69) is 31.9 Å². The minimum Gasteiger partial charge on any atom is -0.249 e. The Labute approximate surface area is 107 Å². The first-order valence-electron chi connectivity index (χ1n) is 6.21. The molecule has 0 aromatic carbocycles. The molecular weight excluding hydrogens is 234 g/mol. The lowest BCUT2D eigenvalue weighted by Crippen LogP contribution is -2.09. The second-order valence-corrected chi connectivity index (χ2v) is 5.70. The van der Waals surface area contributed by atoms with Crippen LogP contribution in [0.2, 0.25) is 5.15 Å². The molecule has 1 fully saturated rings. The number of hydrogen-bond acceptors (Lipinski definition) is 2. The maximum atomic E-state index is 9.17. The van der Waals surface area contributed by atoms with Gasteiger partial charge in [0.15, 0.2) is 0 Å². The first-order valence-corrected chi connectivity index (χ1v) is 6.59. The highest BCUT2D eigenvalue weighted by atomic mass is 35.5. The van der Waals surface area contributed by atoms with Crippen LogP contribution in [0.1, 0.15) is 50.9 Å². The first kappa shape index (κ1) is 12.4. The number of aromatic nitrogens is 2. The Balaban J connectivity index is 2.34. The predicted octanol–water partition coefficient (Wildman–Crippen LogP) is 3.58. The third-order valence-corrected chi connectivity index (χ3v) is 3.69. The zero-order valence-corrected chi connectivity index (χ0v) is 11.3. The van der Waals surface area contributed by atoms with Crippen LogP contribution in [0.3, 0.4) is 0 Å². The summed E-state index contributed by atoms with van der Waals surface area (Å²) >= 11 is 6.26. The van der Waals surface area contributed by atoms with Gasteiger partial charge < -0.3 is 0 Å². The molecule has 0 radical (unpaired) electrons. The van der Waals surface area contributed by atoms with Gasteiger partial charge in [0.25, 0.3) is 0 Å². The normalized spacial score (nSPS) is 17.2. The molecule has 0 N–H and O–H groups in total. The summed E-state index contributed by atoms with van der Waals surface area (Å²) in [7, 11) is 0. The summed E-state index contributed by atoms with van der Waals surface area (Å²) in [6.45, 7) is 6.38. The molecule has 0 spiro atoms. The molecule has 0 aliphatic heterocycles. The Hall–Kier alpha value is -1.01. The van der Waals surface area contributed by atoms with Gasteiger partial charge >= 0.3 is 0 Å². The molecular formula is C13H18ClN3. The van der Waals surface area contributed by atoms with Gasteiger partial charge in [0, 0.05) is 0 Å². The molecule has 1 unspecified atom stereocenters. The van der Waals surface area contributed by atoms with E-state index in [9.17, 15) is 5.26 Å². The van der Waals surface area contributed by atoms with Gasteiger partial charge in [0.2, 0.25) is 0 Å². The van der Waals surface area contributed by atoms with Gasteiger partial charge in [0.05, 0.1) is 11.7 Å². The van der Waals surface area contributed by atoms with E-state index in [1.807, 2.05) is 4.68 Å². The zero-order chi connectivity index (χ0) is 12.6. The van der Waals surface area contributed by atoms with Crippen molar-refractivity contribution in [1.29, 1.82) is 5.26 Å². The standard InChI is InChI=1S/C13H18ClN3/c1-8(2)6-12-11(7-15)13(14)17(16-12)9(3)10-4-5-10/h8-10H,4-6H2,1-3H3. The van der Waals surface area contributed by atoms with Crippen LogP contribution in [0.4, 0.5) is 0 Å². The molecule has 2 rings (SSSR count). The van der Waals surface area contributed by atoms with Crippen molar-refractivity contribution in [2.24, 2.45) is 11.8 Å². The minimum atomic E-state index is 0.315. The maximum absolute atomic E-state index is 9.17. The van der Waals surface area contributed by atoms with E-state index in [0.29, 0.717) is 28.6 Å². The van der Waals surface area contributed by atoms with Crippen LogP contribution in [-0.2, 0) is 6.42 Å². The third kappa shape index (κ3) is 2.47. The Morgan fingerprint density at radius 2 is 2.12 bits per heavy atom. The smallest absolute Gasteiger partial charge is 0.145 e. The summed E-state index contributed by atoms with van der Waals surface area (Å²) in [5.74, 6) is 1.17. The van der Waals surface area contributed by atoms with Gasteiger partial charge in [-0.25, -0.2) is 4.68 Å². The van der Waals surface area contributed by atoms with E-state index >= 15 is 0 Å². The Morgan fingerprint density at radius 3 is 2.59 bits per heavy atom. The SMILES string of the molecule is CC(C)Cc1nn(C(C)C2CC2)c(Cl)c1C#N. The lowest BCUT2D eigenvalue weighted by molar-refractivity contribution is 0.435. The van der Waals surface area contributed by atoms with Gasteiger partial charge in [-0.1, -0.05) is 25.4 Å². The number of rotatable bonds is 4. The second-order valence-electron chi connectivity index (χ2n) is 5.34. The van der Waals surface area contributed by atoms with Gasteiger partial charge in [-0.15, -0.1) is 0 Å². The van der Waals surface area contributed by atoms with E-state index in [-0.39, 0.29) is 0 Å². The highest BCUT2D eigenvalue weighted by molar-refractivity contribution is 6.30. The second kappa shape index (κ2) is 4.70. The molecule has 4 heteroatoms.